The Hall–Kier alpha value is -1.74. The summed E-state index contributed by atoms with van der Waals surface area (Å²) in [6.45, 7) is 0. The zero-order valence-corrected chi connectivity index (χ0v) is 12.8. The highest BCUT2D eigenvalue weighted by Gasteiger charge is 2.42. The van der Waals surface area contributed by atoms with Gasteiger partial charge in [-0.2, -0.15) is 0 Å². The Morgan fingerprint density at radius 1 is 1.14 bits per heavy atom. The second kappa shape index (κ2) is 5.57. The highest BCUT2D eigenvalue weighted by atomic mass is 16.1. The first-order chi connectivity index (χ1) is 10.1. The number of fused-ring (bicyclic) bond motifs is 1. The number of nitrogens with zero attached hydrogens (tertiary/aromatic N) is 2. The van der Waals surface area contributed by atoms with Crippen molar-refractivity contribution in [3.63, 3.8) is 0 Å². The summed E-state index contributed by atoms with van der Waals surface area (Å²) >= 11 is 0. The number of hydrogen-bond donors (Lipinski definition) is 0. The van der Waals surface area contributed by atoms with Crippen LogP contribution in [-0.2, 0) is 11.2 Å². The van der Waals surface area contributed by atoms with Crippen LogP contribution in [-0.4, -0.2) is 35.3 Å². The van der Waals surface area contributed by atoms with E-state index < -0.39 is 0 Å². The van der Waals surface area contributed by atoms with E-state index in [2.05, 4.69) is 16.0 Å². The minimum Gasteiger partial charge on any atom is -0.297 e. The van der Waals surface area contributed by atoms with Crippen LogP contribution in [0.25, 0.3) is 10.9 Å². The van der Waals surface area contributed by atoms with E-state index >= 15 is 0 Å². The lowest BCUT2D eigenvalue weighted by Gasteiger charge is -2.34. The summed E-state index contributed by atoms with van der Waals surface area (Å²) in [4.78, 5) is 19.6. The van der Waals surface area contributed by atoms with Gasteiger partial charge in [0.25, 0.3) is 0 Å². The van der Waals surface area contributed by atoms with Gasteiger partial charge in [-0.3, -0.25) is 14.7 Å². The average molecular weight is 282 g/mol. The second-order valence-corrected chi connectivity index (χ2v) is 6.23. The quantitative estimate of drug-likeness (QED) is 0.863. The van der Waals surface area contributed by atoms with Crippen LogP contribution in [0.4, 0.5) is 0 Å². The van der Waals surface area contributed by atoms with Crippen molar-refractivity contribution in [2.24, 2.45) is 0 Å². The molecule has 1 aliphatic rings. The number of carbonyl (C=O) groups is 1. The van der Waals surface area contributed by atoms with Gasteiger partial charge in [0.2, 0.25) is 0 Å². The molecule has 2 aromatic rings. The fourth-order valence-electron chi connectivity index (χ4n) is 3.47. The molecule has 0 saturated heterocycles. The molecule has 1 aromatic heterocycles. The molecule has 0 bridgehead atoms. The Morgan fingerprint density at radius 2 is 1.86 bits per heavy atom. The first kappa shape index (κ1) is 14.2. The van der Waals surface area contributed by atoms with E-state index in [0.29, 0.717) is 12.2 Å². The molecule has 0 amide bonds. The number of para-hydroxylation sites is 1. The normalized spacial score (nSPS) is 17.5. The van der Waals surface area contributed by atoms with Gasteiger partial charge in [0.15, 0.2) is 5.78 Å². The lowest BCUT2D eigenvalue weighted by atomic mass is 9.88. The molecule has 3 rings (SSSR count). The Bertz CT molecular complexity index is 657. The Labute approximate surface area is 126 Å². The molecule has 0 aliphatic heterocycles. The van der Waals surface area contributed by atoms with Gasteiger partial charge in [-0.05, 0) is 39.1 Å². The molecular formula is C18H22N2O. The summed E-state index contributed by atoms with van der Waals surface area (Å²) in [6, 6.07) is 12.1. The molecule has 0 radical (unpaired) electrons. The van der Waals surface area contributed by atoms with E-state index in [9.17, 15) is 4.79 Å². The van der Waals surface area contributed by atoms with Gasteiger partial charge < -0.3 is 0 Å². The third-order valence-electron chi connectivity index (χ3n) is 4.80. The lowest BCUT2D eigenvalue weighted by Crippen LogP contribution is -2.49. The zero-order chi connectivity index (χ0) is 14.9. The maximum absolute atomic E-state index is 12.8. The number of rotatable bonds is 4. The molecule has 1 saturated carbocycles. The predicted octanol–water partition coefficient (Wildman–Crippen LogP) is 3.22. The maximum atomic E-state index is 12.8. The van der Waals surface area contributed by atoms with E-state index in [4.69, 9.17) is 0 Å². The summed E-state index contributed by atoms with van der Waals surface area (Å²) in [6.07, 6.45) is 4.69. The third-order valence-corrected chi connectivity index (χ3v) is 4.80. The maximum Gasteiger partial charge on any atom is 0.158 e. The number of aromatic nitrogens is 1. The number of hydrogen-bond acceptors (Lipinski definition) is 3. The lowest BCUT2D eigenvalue weighted by molar-refractivity contribution is -0.128. The van der Waals surface area contributed by atoms with Crippen molar-refractivity contribution in [2.45, 2.75) is 37.6 Å². The minimum absolute atomic E-state index is 0.271. The monoisotopic (exact) mass is 282 g/mol. The predicted molar refractivity (Wildman–Crippen MR) is 85.3 cm³/mol. The van der Waals surface area contributed by atoms with Crippen molar-refractivity contribution in [3.8, 4) is 0 Å². The highest BCUT2D eigenvalue weighted by molar-refractivity contribution is 5.90. The molecule has 1 heterocycles. The average Bonchev–Trinajstić information content (AvgIpc) is 2.98. The van der Waals surface area contributed by atoms with Crippen LogP contribution in [0.3, 0.4) is 0 Å². The van der Waals surface area contributed by atoms with Crippen LogP contribution in [0, 0.1) is 0 Å². The topological polar surface area (TPSA) is 33.2 Å². The molecule has 0 atom stereocenters. The van der Waals surface area contributed by atoms with Crippen molar-refractivity contribution in [2.75, 3.05) is 14.1 Å². The molecule has 21 heavy (non-hydrogen) atoms. The first-order valence-electron chi connectivity index (χ1n) is 7.67. The Kier molecular flexibility index (Phi) is 3.77. The molecule has 1 aromatic carbocycles. The van der Waals surface area contributed by atoms with Crippen molar-refractivity contribution < 1.29 is 4.79 Å². The number of carbonyl (C=O) groups excluding carboxylic acids is 1. The summed E-state index contributed by atoms with van der Waals surface area (Å²) in [5.74, 6) is 0.313. The van der Waals surface area contributed by atoms with Gasteiger partial charge in [-0.1, -0.05) is 37.1 Å². The van der Waals surface area contributed by atoms with Crippen LogP contribution in [0.1, 0.15) is 31.4 Å². The van der Waals surface area contributed by atoms with Gasteiger partial charge in [0.05, 0.1) is 17.5 Å². The van der Waals surface area contributed by atoms with Crippen molar-refractivity contribution in [1.29, 1.82) is 0 Å². The summed E-state index contributed by atoms with van der Waals surface area (Å²) in [5, 5.41) is 1.12. The van der Waals surface area contributed by atoms with E-state index in [0.717, 1.165) is 42.3 Å². The van der Waals surface area contributed by atoms with Crippen LogP contribution >= 0.6 is 0 Å². The van der Waals surface area contributed by atoms with E-state index in [1.165, 1.54) is 0 Å². The standard InChI is InChI=1S/C18H22N2O/c1-20(2)18(11-5-6-12-18)17(21)13-15-10-9-14-7-3-4-8-16(14)19-15/h3-4,7-10H,5-6,11-13H2,1-2H3. The first-order valence-corrected chi connectivity index (χ1v) is 7.67. The fraction of sp³-hybridized carbons (Fsp3) is 0.444. The van der Waals surface area contributed by atoms with Crippen LogP contribution in [0.2, 0.25) is 0 Å². The van der Waals surface area contributed by atoms with Gasteiger partial charge >= 0.3 is 0 Å². The molecule has 3 heteroatoms. The highest BCUT2D eigenvalue weighted by Crippen LogP contribution is 2.35. The smallest absolute Gasteiger partial charge is 0.158 e. The fourth-order valence-corrected chi connectivity index (χ4v) is 3.47. The minimum atomic E-state index is -0.271. The van der Waals surface area contributed by atoms with Gasteiger partial charge in [0.1, 0.15) is 0 Å². The van der Waals surface area contributed by atoms with Gasteiger partial charge in [-0.15, -0.1) is 0 Å². The number of pyridine rings is 1. The molecule has 0 unspecified atom stereocenters. The van der Waals surface area contributed by atoms with Crippen molar-refractivity contribution in [3.05, 3.63) is 42.1 Å². The van der Waals surface area contributed by atoms with Gasteiger partial charge in [-0.25, -0.2) is 0 Å². The number of likely N-dealkylation sites (N-methyl/N-ethyl adjacent to an activating group) is 1. The van der Waals surface area contributed by atoms with E-state index in [1.54, 1.807) is 0 Å². The molecule has 0 N–H and O–H groups in total. The number of benzene rings is 1. The number of Topliss-reactive ketones (excluding diaryl/α,β-unsaturated/α-hetero) is 1. The Balaban J connectivity index is 1.85. The van der Waals surface area contributed by atoms with Crippen LogP contribution in [0.5, 0.6) is 0 Å². The van der Waals surface area contributed by atoms with Crippen molar-refractivity contribution >= 4 is 16.7 Å². The SMILES string of the molecule is CN(C)C1(C(=O)Cc2ccc3ccccc3n2)CCCC1. The Morgan fingerprint density at radius 3 is 2.57 bits per heavy atom. The van der Waals surface area contributed by atoms with Crippen LogP contribution < -0.4 is 0 Å². The molecule has 1 fully saturated rings. The van der Waals surface area contributed by atoms with Gasteiger partial charge in [0, 0.05) is 11.1 Å². The molecule has 1 aliphatic carbocycles. The summed E-state index contributed by atoms with van der Waals surface area (Å²) in [5.41, 5.74) is 1.58. The molecule has 110 valence electrons. The zero-order valence-electron chi connectivity index (χ0n) is 12.8. The summed E-state index contributed by atoms with van der Waals surface area (Å²) < 4.78 is 0. The van der Waals surface area contributed by atoms with Crippen molar-refractivity contribution in [1.82, 2.24) is 9.88 Å². The third kappa shape index (κ3) is 2.58. The number of ketones is 1. The summed E-state index contributed by atoms with van der Waals surface area (Å²) in [7, 11) is 4.05. The van der Waals surface area contributed by atoms with E-state index in [-0.39, 0.29) is 5.54 Å². The second-order valence-electron chi connectivity index (χ2n) is 6.23. The largest absolute Gasteiger partial charge is 0.297 e. The van der Waals surface area contributed by atoms with Crippen LogP contribution in [0.15, 0.2) is 36.4 Å². The molecular weight excluding hydrogens is 260 g/mol. The molecule has 0 spiro atoms. The molecule has 3 nitrogen and oxygen atoms in total. The van der Waals surface area contributed by atoms with E-state index in [1.807, 2.05) is 44.4 Å².